The molecular weight excluding hydrogens is 299 g/mol. The Hall–Kier alpha value is -1.71. The van der Waals surface area contributed by atoms with Gasteiger partial charge in [0.1, 0.15) is 6.67 Å². The molecule has 126 valence electrons. The van der Waals surface area contributed by atoms with E-state index in [4.69, 9.17) is 0 Å². The van der Waals surface area contributed by atoms with Gasteiger partial charge in [-0.25, -0.2) is 4.39 Å². The summed E-state index contributed by atoms with van der Waals surface area (Å²) in [4.78, 5) is 0. The van der Waals surface area contributed by atoms with Crippen molar-refractivity contribution in [1.82, 2.24) is 10.6 Å². The highest BCUT2D eigenvalue weighted by molar-refractivity contribution is 5.64. The van der Waals surface area contributed by atoms with Crippen LogP contribution >= 0.6 is 0 Å². The molecule has 0 radical (unpaired) electrons. The van der Waals surface area contributed by atoms with Crippen molar-refractivity contribution in [1.29, 1.82) is 0 Å². The Labute approximate surface area is 143 Å². The molecule has 3 atom stereocenters. The van der Waals surface area contributed by atoms with Crippen LogP contribution in [-0.2, 0) is 6.67 Å². The first-order valence-electron chi connectivity index (χ1n) is 9.05. The second kappa shape index (κ2) is 7.04. The first-order valence-corrected chi connectivity index (χ1v) is 9.05. The number of hydrogen-bond donors (Lipinski definition) is 2. The quantitative estimate of drug-likeness (QED) is 0.868. The largest absolute Gasteiger partial charge is 0.315 e. The molecule has 3 heteroatoms. The molecular formula is C21H25FN2. The number of halogens is 1. The van der Waals surface area contributed by atoms with Gasteiger partial charge in [0.15, 0.2) is 0 Å². The van der Waals surface area contributed by atoms with E-state index >= 15 is 0 Å². The van der Waals surface area contributed by atoms with Crippen molar-refractivity contribution in [2.45, 2.75) is 43.9 Å². The summed E-state index contributed by atoms with van der Waals surface area (Å²) >= 11 is 0. The summed E-state index contributed by atoms with van der Waals surface area (Å²) in [6.07, 6.45) is 3.81. The van der Waals surface area contributed by atoms with Crippen LogP contribution in [0.15, 0.2) is 48.5 Å². The van der Waals surface area contributed by atoms with Crippen LogP contribution in [0.1, 0.15) is 36.3 Å². The zero-order valence-electron chi connectivity index (χ0n) is 14.0. The third-order valence-corrected chi connectivity index (χ3v) is 5.29. The molecule has 1 unspecified atom stereocenters. The molecule has 0 bridgehead atoms. The Morgan fingerprint density at radius 3 is 2.71 bits per heavy atom. The molecule has 0 spiro atoms. The third kappa shape index (κ3) is 3.52. The fraction of sp³-hybridized carbons (Fsp3) is 0.429. The predicted octanol–water partition coefficient (Wildman–Crippen LogP) is 4.02. The van der Waals surface area contributed by atoms with E-state index in [0.29, 0.717) is 18.0 Å². The number of benzene rings is 2. The van der Waals surface area contributed by atoms with Gasteiger partial charge >= 0.3 is 0 Å². The lowest BCUT2D eigenvalue weighted by atomic mass is 10.0. The lowest BCUT2D eigenvalue weighted by molar-refractivity contribution is 0.386. The number of alkyl halides is 1. The molecule has 1 aliphatic heterocycles. The molecule has 2 aromatic carbocycles. The average Bonchev–Trinajstić information content (AvgIpc) is 3.42. The van der Waals surface area contributed by atoms with E-state index in [1.807, 2.05) is 24.3 Å². The van der Waals surface area contributed by atoms with Crippen molar-refractivity contribution in [3.05, 3.63) is 59.7 Å². The van der Waals surface area contributed by atoms with Crippen molar-refractivity contribution in [2.24, 2.45) is 0 Å². The Bertz CT molecular complexity index is 676. The Balaban J connectivity index is 1.39. The fourth-order valence-electron chi connectivity index (χ4n) is 3.80. The summed E-state index contributed by atoms with van der Waals surface area (Å²) < 4.78 is 12.8. The monoisotopic (exact) mass is 324 g/mol. The summed E-state index contributed by atoms with van der Waals surface area (Å²) in [5, 5.41) is 7.27. The van der Waals surface area contributed by atoms with E-state index in [1.165, 1.54) is 24.8 Å². The second-order valence-electron chi connectivity index (χ2n) is 7.11. The average molecular weight is 324 g/mol. The lowest BCUT2D eigenvalue weighted by Crippen LogP contribution is -2.44. The van der Waals surface area contributed by atoms with Gasteiger partial charge in [0.25, 0.3) is 0 Å². The Kier molecular flexibility index (Phi) is 4.63. The summed E-state index contributed by atoms with van der Waals surface area (Å²) in [5.74, 6) is 0.651. The number of piperidine rings is 1. The first kappa shape index (κ1) is 15.8. The smallest absolute Gasteiger partial charge is 0.115 e. The molecule has 1 saturated heterocycles. The normalized spacial score (nSPS) is 26.3. The molecule has 2 fully saturated rings. The van der Waals surface area contributed by atoms with E-state index in [-0.39, 0.29) is 0 Å². The molecule has 1 saturated carbocycles. The fourth-order valence-corrected chi connectivity index (χ4v) is 3.80. The molecule has 0 aromatic heterocycles. The molecule has 2 nitrogen and oxygen atoms in total. The van der Waals surface area contributed by atoms with E-state index in [1.54, 1.807) is 0 Å². The van der Waals surface area contributed by atoms with E-state index < -0.39 is 6.67 Å². The number of hydrogen-bond acceptors (Lipinski definition) is 2. The Morgan fingerprint density at radius 2 is 1.96 bits per heavy atom. The van der Waals surface area contributed by atoms with Crippen molar-refractivity contribution in [2.75, 3.05) is 13.1 Å². The minimum Gasteiger partial charge on any atom is -0.315 e. The van der Waals surface area contributed by atoms with Crippen molar-refractivity contribution in [3.63, 3.8) is 0 Å². The summed E-state index contributed by atoms with van der Waals surface area (Å²) in [7, 11) is 0. The predicted molar refractivity (Wildman–Crippen MR) is 96.9 cm³/mol. The van der Waals surface area contributed by atoms with E-state index in [0.717, 1.165) is 29.8 Å². The van der Waals surface area contributed by atoms with Gasteiger partial charge in [-0.2, -0.15) is 0 Å². The molecule has 4 rings (SSSR count). The lowest BCUT2D eigenvalue weighted by Gasteiger charge is -2.24. The van der Waals surface area contributed by atoms with Crippen LogP contribution < -0.4 is 10.6 Å². The molecule has 0 amide bonds. The maximum atomic E-state index is 12.8. The number of rotatable bonds is 5. The van der Waals surface area contributed by atoms with Gasteiger partial charge in [0, 0.05) is 24.5 Å². The van der Waals surface area contributed by atoms with Gasteiger partial charge in [-0.1, -0.05) is 42.5 Å². The van der Waals surface area contributed by atoms with Crippen LogP contribution in [0.4, 0.5) is 4.39 Å². The summed E-state index contributed by atoms with van der Waals surface area (Å²) in [6.45, 7) is 1.86. The van der Waals surface area contributed by atoms with Crippen LogP contribution in [-0.4, -0.2) is 25.2 Å². The van der Waals surface area contributed by atoms with Gasteiger partial charge in [-0.15, -0.1) is 0 Å². The molecule has 24 heavy (non-hydrogen) atoms. The Morgan fingerprint density at radius 1 is 1.08 bits per heavy atom. The van der Waals surface area contributed by atoms with Crippen LogP contribution in [0.5, 0.6) is 0 Å². The van der Waals surface area contributed by atoms with Crippen LogP contribution in [0, 0.1) is 0 Å². The van der Waals surface area contributed by atoms with Crippen LogP contribution in [0.25, 0.3) is 11.1 Å². The van der Waals surface area contributed by atoms with E-state index in [2.05, 4.69) is 34.9 Å². The number of nitrogens with one attached hydrogen (secondary N) is 2. The standard InChI is InChI=1S/C21H25FN2/c22-13-15-3-1-4-18(11-15)16-6-8-17(9-7-16)20-12-21(20)24-19-5-2-10-23-14-19/h1,3-4,6-9,11,19-21,23-24H,2,5,10,12-14H2/t19?,20-,21+/m1/s1. The minimum absolute atomic E-state index is 0.405. The molecule has 2 N–H and O–H groups in total. The van der Waals surface area contributed by atoms with Crippen molar-refractivity contribution >= 4 is 0 Å². The highest BCUT2D eigenvalue weighted by Crippen LogP contribution is 2.41. The van der Waals surface area contributed by atoms with Crippen LogP contribution in [0.3, 0.4) is 0 Å². The molecule has 1 aliphatic carbocycles. The maximum Gasteiger partial charge on any atom is 0.115 e. The van der Waals surface area contributed by atoms with Gasteiger partial charge < -0.3 is 10.6 Å². The van der Waals surface area contributed by atoms with Crippen LogP contribution in [0.2, 0.25) is 0 Å². The first-order chi connectivity index (χ1) is 11.8. The second-order valence-corrected chi connectivity index (χ2v) is 7.11. The van der Waals surface area contributed by atoms with Gasteiger partial charge in [-0.3, -0.25) is 0 Å². The topological polar surface area (TPSA) is 24.1 Å². The summed E-state index contributed by atoms with van der Waals surface area (Å²) in [5.41, 5.74) is 4.41. The van der Waals surface area contributed by atoms with Crippen molar-refractivity contribution in [3.8, 4) is 11.1 Å². The maximum absolute atomic E-state index is 12.8. The van der Waals surface area contributed by atoms with Gasteiger partial charge in [0.05, 0.1) is 0 Å². The SMILES string of the molecule is FCc1cccc(-c2ccc([C@H]3C[C@@H]3NC3CCCNC3)cc2)c1. The highest BCUT2D eigenvalue weighted by atomic mass is 19.1. The van der Waals surface area contributed by atoms with Crippen molar-refractivity contribution < 1.29 is 4.39 Å². The van der Waals surface area contributed by atoms with Gasteiger partial charge in [-0.05, 0) is 54.1 Å². The third-order valence-electron chi connectivity index (χ3n) is 5.29. The zero-order valence-corrected chi connectivity index (χ0v) is 14.0. The zero-order chi connectivity index (χ0) is 16.4. The minimum atomic E-state index is -0.405. The molecule has 2 aliphatic rings. The molecule has 2 aromatic rings. The highest BCUT2D eigenvalue weighted by Gasteiger charge is 2.39. The van der Waals surface area contributed by atoms with Gasteiger partial charge in [0.2, 0.25) is 0 Å². The van der Waals surface area contributed by atoms with E-state index in [9.17, 15) is 4.39 Å². The molecule has 1 heterocycles. The summed E-state index contributed by atoms with van der Waals surface area (Å²) in [6, 6.07) is 17.8.